The van der Waals surface area contributed by atoms with E-state index in [9.17, 15) is 14.3 Å². The Hall–Kier alpha value is -1.66. The molecular formula is C18H25FN2O3. The molecule has 0 saturated carbocycles. The first-order chi connectivity index (χ1) is 11.4. The number of morpholine rings is 1. The molecule has 2 fully saturated rings. The molecule has 0 bridgehead atoms. The number of likely N-dealkylation sites (tertiary alicyclic amines) is 1. The number of hydrogen-bond acceptors (Lipinski definition) is 4. The molecule has 1 amide bonds. The lowest BCUT2D eigenvalue weighted by Crippen LogP contribution is -2.48. The summed E-state index contributed by atoms with van der Waals surface area (Å²) in [6.07, 6.45) is 1.62. The second-order valence-corrected chi connectivity index (χ2v) is 7.08. The van der Waals surface area contributed by atoms with E-state index in [1.54, 1.807) is 30.9 Å². The lowest BCUT2D eigenvalue weighted by Gasteiger charge is -2.34. The average Bonchev–Trinajstić information content (AvgIpc) is 3.05. The normalized spacial score (nSPS) is 22.1. The number of aliphatic hydroxyl groups is 1. The van der Waals surface area contributed by atoms with Crippen LogP contribution in [0, 0.1) is 5.82 Å². The van der Waals surface area contributed by atoms with E-state index in [0.717, 1.165) is 12.8 Å². The van der Waals surface area contributed by atoms with Crippen LogP contribution in [0.25, 0.3) is 0 Å². The van der Waals surface area contributed by atoms with Gasteiger partial charge >= 0.3 is 0 Å². The Morgan fingerprint density at radius 1 is 1.29 bits per heavy atom. The number of nitrogens with zero attached hydrogens (tertiary/aromatic N) is 2. The van der Waals surface area contributed by atoms with Crippen molar-refractivity contribution in [3.63, 3.8) is 0 Å². The van der Waals surface area contributed by atoms with Crippen molar-refractivity contribution in [2.24, 2.45) is 0 Å². The molecule has 1 unspecified atom stereocenters. The highest BCUT2D eigenvalue weighted by Crippen LogP contribution is 2.29. The molecule has 1 aromatic carbocycles. The molecule has 3 rings (SSSR count). The zero-order valence-electron chi connectivity index (χ0n) is 14.3. The third-order valence-electron chi connectivity index (χ3n) is 4.88. The summed E-state index contributed by atoms with van der Waals surface area (Å²) in [7, 11) is 0. The van der Waals surface area contributed by atoms with Gasteiger partial charge < -0.3 is 19.6 Å². The second-order valence-electron chi connectivity index (χ2n) is 7.08. The lowest BCUT2D eigenvalue weighted by atomic mass is 9.96. The zero-order chi connectivity index (χ0) is 17.3. The quantitative estimate of drug-likeness (QED) is 0.918. The van der Waals surface area contributed by atoms with Gasteiger partial charge in [0.2, 0.25) is 0 Å². The van der Waals surface area contributed by atoms with Gasteiger partial charge in [0, 0.05) is 25.2 Å². The van der Waals surface area contributed by atoms with Gasteiger partial charge in [-0.2, -0.15) is 0 Å². The van der Waals surface area contributed by atoms with Gasteiger partial charge in [-0.05, 0) is 44.9 Å². The van der Waals surface area contributed by atoms with Crippen LogP contribution < -0.4 is 4.90 Å². The van der Waals surface area contributed by atoms with Crippen molar-refractivity contribution < 1.29 is 19.0 Å². The maximum absolute atomic E-state index is 14.5. The van der Waals surface area contributed by atoms with Crippen LogP contribution in [-0.4, -0.2) is 60.4 Å². The topological polar surface area (TPSA) is 53.0 Å². The van der Waals surface area contributed by atoms with Crippen LogP contribution in [0.15, 0.2) is 18.2 Å². The van der Waals surface area contributed by atoms with Crippen LogP contribution in [0.5, 0.6) is 0 Å². The first-order valence-electron chi connectivity index (χ1n) is 8.53. The second kappa shape index (κ2) is 6.69. The Morgan fingerprint density at radius 3 is 2.62 bits per heavy atom. The Kier molecular flexibility index (Phi) is 4.78. The number of ether oxygens (including phenoxy) is 1. The number of carbonyl (C=O) groups is 1. The smallest absolute Gasteiger partial charge is 0.254 e. The first kappa shape index (κ1) is 17.2. The maximum atomic E-state index is 14.5. The predicted molar refractivity (Wildman–Crippen MR) is 89.8 cm³/mol. The van der Waals surface area contributed by atoms with E-state index >= 15 is 0 Å². The lowest BCUT2D eigenvalue weighted by molar-refractivity contribution is 0.000324. The number of halogens is 1. The van der Waals surface area contributed by atoms with Crippen LogP contribution in [-0.2, 0) is 4.74 Å². The molecule has 5 nitrogen and oxygen atoms in total. The highest BCUT2D eigenvalue weighted by Gasteiger charge is 2.38. The summed E-state index contributed by atoms with van der Waals surface area (Å²) < 4.78 is 19.8. The fourth-order valence-corrected chi connectivity index (χ4v) is 3.61. The van der Waals surface area contributed by atoms with Crippen molar-refractivity contribution in [2.75, 3.05) is 37.7 Å². The van der Waals surface area contributed by atoms with Gasteiger partial charge in [-0.3, -0.25) is 4.79 Å². The molecule has 1 N–H and O–H groups in total. The summed E-state index contributed by atoms with van der Waals surface area (Å²) in [5.74, 6) is -0.603. The molecule has 1 aromatic rings. The number of benzene rings is 1. The first-order valence-corrected chi connectivity index (χ1v) is 8.53. The summed E-state index contributed by atoms with van der Waals surface area (Å²) in [6, 6.07) is 4.43. The molecule has 0 aliphatic carbocycles. The standard InChI is InChI=1S/C18H25FN2O3/c1-18(2,23)16-4-3-7-21(16)17(22)13-5-6-15(14(19)12-13)20-8-10-24-11-9-20/h5-6,12,16,23H,3-4,7-11H2,1-2H3. The summed E-state index contributed by atoms with van der Waals surface area (Å²) in [5.41, 5.74) is -0.116. The summed E-state index contributed by atoms with van der Waals surface area (Å²) >= 11 is 0. The Labute approximate surface area is 142 Å². The van der Waals surface area contributed by atoms with Crippen LogP contribution in [0.4, 0.5) is 10.1 Å². The van der Waals surface area contributed by atoms with Crippen LogP contribution in [0.2, 0.25) is 0 Å². The highest BCUT2D eigenvalue weighted by atomic mass is 19.1. The Bertz CT molecular complexity index is 609. The Morgan fingerprint density at radius 2 is 2.00 bits per heavy atom. The molecule has 6 heteroatoms. The van der Waals surface area contributed by atoms with Gasteiger partial charge in [0.1, 0.15) is 5.82 Å². The fourth-order valence-electron chi connectivity index (χ4n) is 3.61. The molecule has 2 aliphatic rings. The minimum Gasteiger partial charge on any atom is -0.388 e. The van der Waals surface area contributed by atoms with E-state index in [-0.39, 0.29) is 17.8 Å². The van der Waals surface area contributed by atoms with Crippen LogP contribution in [0.3, 0.4) is 0 Å². The molecule has 0 spiro atoms. The summed E-state index contributed by atoms with van der Waals surface area (Å²) in [6.45, 7) is 6.49. The molecule has 0 aromatic heterocycles. The number of amides is 1. The van der Waals surface area contributed by atoms with Gasteiger partial charge in [-0.25, -0.2) is 4.39 Å². The molecule has 1 atom stereocenters. The molecule has 132 valence electrons. The minimum atomic E-state index is -0.960. The molecule has 2 saturated heterocycles. The number of carbonyl (C=O) groups excluding carboxylic acids is 1. The van der Waals surface area contributed by atoms with Gasteiger partial charge in [0.15, 0.2) is 0 Å². The van der Waals surface area contributed by atoms with Gasteiger partial charge in [0.25, 0.3) is 5.91 Å². The fraction of sp³-hybridized carbons (Fsp3) is 0.611. The van der Waals surface area contributed by atoms with Gasteiger partial charge in [0.05, 0.1) is 30.5 Å². The minimum absolute atomic E-state index is 0.216. The third-order valence-corrected chi connectivity index (χ3v) is 4.88. The highest BCUT2D eigenvalue weighted by molar-refractivity contribution is 5.95. The van der Waals surface area contributed by atoms with E-state index in [2.05, 4.69) is 0 Å². The number of hydrogen-bond donors (Lipinski definition) is 1. The number of anilines is 1. The average molecular weight is 336 g/mol. The molecular weight excluding hydrogens is 311 g/mol. The van der Waals surface area contributed by atoms with Gasteiger partial charge in [-0.15, -0.1) is 0 Å². The molecule has 24 heavy (non-hydrogen) atoms. The largest absolute Gasteiger partial charge is 0.388 e. The van der Waals surface area contributed by atoms with Crippen molar-refractivity contribution in [1.29, 1.82) is 0 Å². The predicted octanol–water partition coefficient (Wildman–Crippen LogP) is 2.04. The summed E-state index contributed by atoms with van der Waals surface area (Å²) in [4.78, 5) is 16.4. The molecule has 0 radical (unpaired) electrons. The van der Waals surface area contributed by atoms with Crippen molar-refractivity contribution in [1.82, 2.24) is 4.90 Å². The monoisotopic (exact) mass is 336 g/mol. The van der Waals surface area contributed by atoms with Crippen molar-refractivity contribution >= 4 is 11.6 Å². The van der Waals surface area contributed by atoms with E-state index < -0.39 is 5.60 Å². The maximum Gasteiger partial charge on any atom is 0.254 e. The van der Waals surface area contributed by atoms with E-state index in [1.807, 2.05) is 4.90 Å². The summed E-state index contributed by atoms with van der Waals surface area (Å²) in [5, 5.41) is 10.3. The SMILES string of the molecule is CC(C)(O)C1CCCN1C(=O)c1ccc(N2CCOCC2)c(F)c1. The van der Waals surface area contributed by atoms with Crippen molar-refractivity contribution in [3.05, 3.63) is 29.6 Å². The van der Waals surface area contributed by atoms with Crippen molar-refractivity contribution in [3.8, 4) is 0 Å². The zero-order valence-corrected chi connectivity index (χ0v) is 14.3. The van der Waals surface area contributed by atoms with Crippen LogP contribution in [0.1, 0.15) is 37.0 Å². The van der Waals surface area contributed by atoms with Crippen LogP contribution >= 0.6 is 0 Å². The Balaban J connectivity index is 1.79. The van der Waals surface area contributed by atoms with E-state index in [1.165, 1.54) is 6.07 Å². The molecule has 2 aliphatic heterocycles. The third kappa shape index (κ3) is 3.39. The van der Waals surface area contributed by atoms with Gasteiger partial charge in [-0.1, -0.05) is 0 Å². The number of rotatable bonds is 3. The molecule has 2 heterocycles. The van der Waals surface area contributed by atoms with E-state index in [0.29, 0.717) is 44.1 Å². The van der Waals surface area contributed by atoms with E-state index in [4.69, 9.17) is 4.74 Å². The van der Waals surface area contributed by atoms with Crippen molar-refractivity contribution in [2.45, 2.75) is 38.3 Å².